The summed E-state index contributed by atoms with van der Waals surface area (Å²) in [6, 6.07) is 7.82. The maximum absolute atomic E-state index is 14.6. The van der Waals surface area contributed by atoms with Gasteiger partial charge >= 0.3 is 22.7 Å². The lowest BCUT2D eigenvalue weighted by molar-refractivity contribution is -0.392. The molecule has 306 valence electrons. The summed E-state index contributed by atoms with van der Waals surface area (Å²) in [6.45, 7) is 0. The van der Waals surface area contributed by atoms with Crippen LogP contribution >= 0.6 is 0 Å². The molecule has 2 aliphatic carbocycles. The Bertz CT molecular complexity index is 2410. The minimum absolute atomic E-state index is 0.00253. The fourth-order valence-electron chi connectivity index (χ4n) is 9.27. The van der Waals surface area contributed by atoms with Crippen LogP contribution in [0.1, 0.15) is 24.3 Å². The van der Waals surface area contributed by atoms with E-state index in [0.29, 0.717) is 20.9 Å². The number of carbonyl (C=O) groups excluding carboxylic acids is 4. The minimum atomic E-state index is -1.25. The molecule has 4 aliphatic rings. The Hall–Kier alpha value is -7.52. The van der Waals surface area contributed by atoms with Crippen LogP contribution in [0.3, 0.4) is 0 Å². The van der Waals surface area contributed by atoms with Gasteiger partial charge in [-0.25, -0.2) is 9.80 Å². The highest BCUT2D eigenvalue weighted by atomic mass is 16.6. The molecule has 59 heavy (non-hydrogen) atoms. The summed E-state index contributed by atoms with van der Waals surface area (Å²) in [5, 5.41) is 59.2. The summed E-state index contributed by atoms with van der Waals surface area (Å²) >= 11 is 0. The summed E-state index contributed by atoms with van der Waals surface area (Å²) < 4.78 is 5.34. The van der Waals surface area contributed by atoms with E-state index < -0.39 is 113 Å². The number of benzene rings is 3. The second kappa shape index (κ2) is 14.1. The first-order valence-corrected chi connectivity index (χ1v) is 17.9. The number of aromatic hydroxyl groups is 1. The van der Waals surface area contributed by atoms with Crippen LogP contribution in [-0.4, -0.2) is 83.7 Å². The molecule has 0 radical (unpaired) electrons. The third-order valence-electron chi connectivity index (χ3n) is 11.5. The van der Waals surface area contributed by atoms with Gasteiger partial charge in [-0.15, -0.1) is 0 Å². The van der Waals surface area contributed by atoms with Crippen LogP contribution in [0.2, 0.25) is 0 Å². The number of phenols is 1. The summed E-state index contributed by atoms with van der Waals surface area (Å²) in [5.41, 5.74) is -3.72. The fraction of sp³-hybridized carbons (Fsp3) is 0.351. The average Bonchev–Trinajstić information content (AvgIpc) is 3.59. The highest BCUT2D eigenvalue weighted by Gasteiger charge is 2.63. The van der Waals surface area contributed by atoms with Crippen molar-refractivity contribution in [1.29, 1.82) is 0 Å². The first-order chi connectivity index (χ1) is 27.8. The molecule has 0 bridgehead atoms. The van der Waals surface area contributed by atoms with Crippen molar-refractivity contribution in [2.24, 2.45) is 29.6 Å². The Balaban J connectivity index is 1.37. The van der Waals surface area contributed by atoms with Crippen molar-refractivity contribution in [3.05, 3.63) is 100 Å². The molecule has 3 fully saturated rings. The van der Waals surface area contributed by atoms with Crippen LogP contribution in [0.25, 0.3) is 0 Å². The third-order valence-corrected chi connectivity index (χ3v) is 11.5. The molecule has 0 spiro atoms. The number of nitrogens with zero attached hydrogens (tertiary/aromatic N) is 8. The van der Waals surface area contributed by atoms with E-state index in [1.165, 1.54) is 53.5 Å². The van der Waals surface area contributed by atoms with Crippen molar-refractivity contribution in [3.8, 4) is 11.5 Å². The lowest BCUT2D eigenvalue weighted by atomic mass is 9.57. The first kappa shape index (κ1) is 39.7. The number of hydrogen-bond acceptors (Lipinski definition) is 16. The number of anilines is 4. The van der Waals surface area contributed by atoms with E-state index in [2.05, 4.69) is 0 Å². The Morgan fingerprint density at radius 2 is 1.08 bits per heavy atom. The molecule has 2 saturated heterocycles. The number of rotatable bonds is 10. The van der Waals surface area contributed by atoms with Crippen LogP contribution in [0.15, 0.2) is 54.1 Å². The first-order valence-electron chi connectivity index (χ1n) is 17.9. The van der Waals surface area contributed by atoms with Gasteiger partial charge in [-0.1, -0.05) is 17.7 Å². The number of allylic oxidation sites excluding steroid dienone is 2. The second-order valence-electron chi connectivity index (χ2n) is 15.0. The SMILES string of the molecule is COc1cc([C@H]2C3=CC[C@@H]4C(=O)N(c5cc([N+](=O)[O-])c(N(C)C)c([N+](=O)[O-])c5)C(=O)[C@@H]4[C@@H]3C[C@H]3C(=O)N(c4cc([N+](=O)[O-])c(N(C)C)c([N+](=O)[O-])c4)C(=O)[C@@H]23)ccc1O. The number of hydrogen-bond donors (Lipinski definition) is 1. The van der Waals surface area contributed by atoms with Gasteiger partial charge < -0.3 is 19.6 Å². The summed E-state index contributed by atoms with van der Waals surface area (Å²) in [4.78, 5) is 107. The zero-order valence-electron chi connectivity index (χ0n) is 31.8. The van der Waals surface area contributed by atoms with E-state index in [1.807, 2.05) is 0 Å². The molecular formula is C37H34N8O14. The molecule has 1 N–H and O–H groups in total. The maximum Gasteiger partial charge on any atom is 0.301 e. The van der Waals surface area contributed by atoms with Crippen LogP contribution in [0.4, 0.5) is 45.5 Å². The average molecular weight is 815 g/mol. The summed E-state index contributed by atoms with van der Waals surface area (Å²) in [5.74, 6) is -10.4. The van der Waals surface area contributed by atoms with Crippen molar-refractivity contribution in [3.63, 3.8) is 0 Å². The Kier molecular flexibility index (Phi) is 9.52. The van der Waals surface area contributed by atoms with Gasteiger partial charge in [-0.2, -0.15) is 0 Å². The van der Waals surface area contributed by atoms with Crippen LogP contribution in [-0.2, 0) is 19.2 Å². The maximum atomic E-state index is 14.6. The molecule has 3 aromatic rings. The van der Waals surface area contributed by atoms with E-state index in [4.69, 9.17) is 4.74 Å². The number of nitro groups is 4. The molecule has 0 aromatic heterocycles. The molecule has 22 nitrogen and oxygen atoms in total. The quantitative estimate of drug-likeness (QED) is 0.130. The molecule has 22 heteroatoms. The summed E-state index contributed by atoms with van der Waals surface area (Å²) in [7, 11) is 6.71. The largest absolute Gasteiger partial charge is 0.504 e. The van der Waals surface area contributed by atoms with Gasteiger partial charge in [0, 0.05) is 58.4 Å². The highest BCUT2D eigenvalue weighted by molar-refractivity contribution is 6.24. The van der Waals surface area contributed by atoms with Crippen LogP contribution < -0.4 is 24.3 Å². The topological polar surface area (TPSA) is 283 Å². The molecule has 2 heterocycles. The van der Waals surface area contributed by atoms with Crippen molar-refractivity contribution >= 4 is 69.1 Å². The van der Waals surface area contributed by atoms with Crippen molar-refractivity contribution in [1.82, 2.24) is 0 Å². The standard InChI is InChI=1S/C37H34N8O14/c1-38(2)32-23(42(51)52)11-17(12-24(32)43(53)54)40-34(47)20-8-7-19-21(30(20)36(40)49)15-22-31(29(19)16-6-9-27(46)28(10-16)59-5)37(50)41(35(22)48)18-13-25(44(55)56)33(39(3)4)26(14-18)45(57)58/h6-7,9-14,20-22,29-31,46H,8,15H2,1-5H3/t20-,21+,22+,29-,30-,31+/m0/s1. The van der Waals surface area contributed by atoms with E-state index >= 15 is 0 Å². The zero-order chi connectivity index (χ0) is 43.1. The zero-order valence-corrected chi connectivity index (χ0v) is 31.8. The second-order valence-corrected chi connectivity index (χ2v) is 15.0. The number of ether oxygens (including phenoxy) is 1. The Morgan fingerprint density at radius 3 is 1.51 bits per heavy atom. The smallest absolute Gasteiger partial charge is 0.301 e. The molecular weight excluding hydrogens is 780 g/mol. The minimum Gasteiger partial charge on any atom is -0.504 e. The lowest BCUT2D eigenvalue weighted by Crippen LogP contribution is -2.43. The molecule has 1 saturated carbocycles. The van der Waals surface area contributed by atoms with E-state index in [9.17, 15) is 64.7 Å². The van der Waals surface area contributed by atoms with Gasteiger partial charge in [0.05, 0.1) is 61.8 Å². The van der Waals surface area contributed by atoms with E-state index in [-0.39, 0.29) is 35.7 Å². The van der Waals surface area contributed by atoms with Crippen LogP contribution in [0.5, 0.6) is 11.5 Å². The number of nitro benzene ring substituents is 4. The highest BCUT2D eigenvalue weighted by Crippen LogP contribution is 2.59. The molecule has 6 atom stereocenters. The van der Waals surface area contributed by atoms with Crippen molar-refractivity contribution < 1.29 is 48.7 Å². The number of imide groups is 2. The van der Waals surface area contributed by atoms with Gasteiger partial charge in [-0.05, 0) is 36.5 Å². The number of amides is 4. The van der Waals surface area contributed by atoms with Gasteiger partial charge in [0.15, 0.2) is 22.9 Å². The number of carbonyl (C=O) groups is 4. The van der Waals surface area contributed by atoms with Gasteiger partial charge in [0.1, 0.15) is 0 Å². The van der Waals surface area contributed by atoms with Crippen LogP contribution in [0, 0.1) is 70.0 Å². The monoisotopic (exact) mass is 814 g/mol. The van der Waals surface area contributed by atoms with E-state index in [1.54, 1.807) is 6.08 Å². The fourth-order valence-corrected chi connectivity index (χ4v) is 9.27. The predicted molar refractivity (Wildman–Crippen MR) is 205 cm³/mol. The predicted octanol–water partition coefficient (Wildman–Crippen LogP) is 4.21. The Morgan fingerprint density at radius 1 is 0.644 bits per heavy atom. The van der Waals surface area contributed by atoms with E-state index in [0.717, 1.165) is 34.1 Å². The molecule has 2 aliphatic heterocycles. The lowest BCUT2D eigenvalue weighted by Gasteiger charge is -2.44. The number of fused-ring (bicyclic) bond motifs is 4. The van der Waals surface area contributed by atoms with Crippen molar-refractivity contribution in [2.45, 2.75) is 18.8 Å². The summed E-state index contributed by atoms with van der Waals surface area (Å²) in [6.07, 6.45) is 1.39. The molecule has 3 aromatic carbocycles. The Labute approximate surface area is 332 Å². The molecule has 4 amide bonds. The van der Waals surface area contributed by atoms with Gasteiger partial charge in [0.2, 0.25) is 23.6 Å². The van der Waals surface area contributed by atoms with Crippen molar-refractivity contribution in [2.75, 3.05) is 54.9 Å². The molecule has 7 rings (SSSR count). The van der Waals surface area contributed by atoms with Gasteiger partial charge in [-0.3, -0.25) is 59.6 Å². The third kappa shape index (κ3) is 6.01. The van der Waals surface area contributed by atoms with Gasteiger partial charge in [0.25, 0.3) is 0 Å². The number of phenolic OH excluding ortho intramolecular Hbond substituents is 1. The molecule has 0 unspecified atom stereocenters. The normalized spacial score (nSPS) is 23.3. The number of methoxy groups -OCH3 is 1.